The maximum absolute atomic E-state index is 6.09. The van der Waals surface area contributed by atoms with Gasteiger partial charge in [-0.15, -0.1) is 0 Å². The second-order valence-corrected chi connectivity index (χ2v) is 6.48. The molecule has 2 aliphatic heterocycles. The van der Waals surface area contributed by atoms with Crippen LogP contribution in [0.25, 0.3) is 0 Å². The Hall–Kier alpha value is -0.810. The number of hydrogen-bond acceptors (Lipinski definition) is 4. The molecule has 2 aliphatic rings. The molecule has 1 aromatic rings. The van der Waals surface area contributed by atoms with E-state index in [0.29, 0.717) is 6.54 Å². The number of halogens is 1. The summed E-state index contributed by atoms with van der Waals surface area (Å²) in [5.41, 5.74) is 7.35. The zero-order valence-corrected chi connectivity index (χ0v) is 13.2. The van der Waals surface area contributed by atoms with Crippen LogP contribution in [0.2, 0.25) is 5.02 Å². The van der Waals surface area contributed by atoms with Gasteiger partial charge in [0.2, 0.25) is 0 Å². The van der Waals surface area contributed by atoms with Gasteiger partial charge in [0.1, 0.15) is 0 Å². The van der Waals surface area contributed by atoms with Crippen molar-refractivity contribution in [2.45, 2.75) is 18.4 Å². The SMILES string of the molecule is NCC1(N2CCN(c3cccc(Cl)c3)CC2)CCCOC1. The first-order chi connectivity index (χ1) is 10.2. The molecule has 4 nitrogen and oxygen atoms in total. The monoisotopic (exact) mass is 309 g/mol. The molecule has 116 valence electrons. The Balaban J connectivity index is 1.64. The van der Waals surface area contributed by atoms with Crippen LogP contribution in [0, 0.1) is 0 Å². The van der Waals surface area contributed by atoms with Gasteiger partial charge < -0.3 is 15.4 Å². The van der Waals surface area contributed by atoms with E-state index in [1.807, 2.05) is 18.2 Å². The molecule has 1 aromatic carbocycles. The second-order valence-electron chi connectivity index (χ2n) is 6.04. The molecule has 0 aliphatic carbocycles. The number of hydrogen-bond donors (Lipinski definition) is 1. The van der Waals surface area contributed by atoms with E-state index in [1.165, 1.54) is 5.69 Å². The molecule has 0 saturated carbocycles. The first-order valence-electron chi connectivity index (χ1n) is 7.77. The van der Waals surface area contributed by atoms with Crippen molar-refractivity contribution in [3.63, 3.8) is 0 Å². The Bertz CT molecular complexity index is 468. The van der Waals surface area contributed by atoms with Gasteiger partial charge in [-0.1, -0.05) is 17.7 Å². The van der Waals surface area contributed by atoms with Gasteiger partial charge in [-0.25, -0.2) is 0 Å². The Morgan fingerprint density at radius 3 is 2.67 bits per heavy atom. The molecule has 0 bridgehead atoms. The van der Waals surface area contributed by atoms with Gasteiger partial charge >= 0.3 is 0 Å². The third-order valence-electron chi connectivity index (χ3n) is 4.81. The zero-order chi connectivity index (χ0) is 14.7. The summed E-state index contributed by atoms with van der Waals surface area (Å²) < 4.78 is 5.70. The second kappa shape index (κ2) is 6.53. The third-order valence-corrected chi connectivity index (χ3v) is 5.04. The van der Waals surface area contributed by atoms with E-state index < -0.39 is 0 Å². The first kappa shape index (κ1) is 15.1. The Morgan fingerprint density at radius 2 is 2.05 bits per heavy atom. The number of anilines is 1. The highest BCUT2D eigenvalue weighted by molar-refractivity contribution is 6.30. The summed E-state index contributed by atoms with van der Waals surface area (Å²) in [5.74, 6) is 0. The maximum atomic E-state index is 6.09. The lowest BCUT2D eigenvalue weighted by Crippen LogP contribution is -2.63. The number of ether oxygens (including phenoxy) is 1. The van der Waals surface area contributed by atoms with Gasteiger partial charge in [0.25, 0.3) is 0 Å². The number of rotatable bonds is 3. The standard InChI is InChI=1S/C16H24ClN3O/c17-14-3-1-4-15(11-14)19-6-8-20(9-7-19)16(12-18)5-2-10-21-13-16/h1,3-4,11H,2,5-10,12-13,18H2. The van der Waals surface area contributed by atoms with Gasteiger partial charge in [-0.05, 0) is 31.0 Å². The van der Waals surface area contributed by atoms with Crippen LogP contribution in [0.3, 0.4) is 0 Å². The lowest BCUT2D eigenvalue weighted by atomic mass is 9.89. The van der Waals surface area contributed by atoms with E-state index in [1.54, 1.807) is 0 Å². The Kier molecular flexibility index (Phi) is 4.69. The summed E-state index contributed by atoms with van der Waals surface area (Å²) in [6, 6.07) is 8.11. The fourth-order valence-electron chi connectivity index (χ4n) is 3.49. The van der Waals surface area contributed by atoms with Crippen molar-refractivity contribution in [1.29, 1.82) is 0 Å². The molecule has 3 rings (SSSR count). The minimum absolute atomic E-state index is 0.0542. The Labute approximate surface area is 131 Å². The summed E-state index contributed by atoms with van der Waals surface area (Å²) in [6.07, 6.45) is 2.27. The normalized spacial score (nSPS) is 27.8. The quantitative estimate of drug-likeness (QED) is 0.927. The predicted molar refractivity (Wildman–Crippen MR) is 87.1 cm³/mol. The maximum Gasteiger partial charge on any atom is 0.0662 e. The van der Waals surface area contributed by atoms with Crippen LogP contribution in [0.15, 0.2) is 24.3 Å². The van der Waals surface area contributed by atoms with Crippen molar-refractivity contribution in [3.05, 3.63) is 29.3 Å². The first-order valence-corrected chi connectivity index (χ1v) is 8.15. The minimum Gasteiger partial charge on any atom is -0.379 e. The molecule has 1 atom stereocenters. The van der Waals surface area contributed by atoms with E-state index in [2.05, 4.69) is 15.9 Å². The lowest BCUT2D eigenvalue weighted by molar-refractivity contribution is -0.0468. The van der Waals surface area contributed by atoms with Crippen LogP contribution in [0.4, 0.5) is 5.69 Å². The van der Waals surface area contributed by atoms with E-state index in [0.717, 1.165) is 57.3 Å². The minimum atomic E-state index is 0.0542. The van der Waals surface area contributed by atoms with Gasteiger partial charge in [0, 0.05) is 50.0 Å². The van der Waals surface area contributed by atoms with Gasteiger partial charge in [-0.3, -0.25) is 4.90 Å². The highest BCUT2D eigenvalue weighted by atomic mass is 35.5. The van der Waals surface area contributed by atoms with Gasteiger partial charge in [0.15, 0.2) is 0 Å². The summed E-state index contributed by atoms with van der Waals surface area (Å²) in [4.78, 5) is 4.93. The molecular formula is C16H24ClN3O. The van der Waals surface area contributed by atoms with Crippen LogP contribution < -0.4 is 10.6 Å². The zero-order valence-electron chi connectivity index (χ0n) is 12.4. The van der Waals surface area contributed by atoms with Crippen LogP contribution in [-0.4, -0.2) is 56.4 Å². The van der Waals surface area contributed by atoms with Gasteiger partial charge in [0.05, 0.1) is 12.1 Å². The molecule has 0 amide bonds. The highest BCUT2D eigenvalue weighted by Crippen LogP contribution is 2.28. The van der Waals surface area contributed by atoms with Gasteiger partial charge in [-0.2, -0.15) is 0 Å². The fourth-order valence-corrected chi connectivity index (χ4v) is 3.67. The smallest absolute Gasteiger partial charge is 0.0662 e. The molecule has 5 heteroatoms. The largest absolute Gasteiger partial charge is 0.379 e. The number of benzene rings is 1. The molecule has 0 spiro atoms. The van der Waals surface area contributed by atoms with Crippen LogP contribution in [0.5, 0.6) is 0 Å². The van der Waals surface area contributed by atoms with Crippen LogP contribution in [-0.2, 0) is 4.74 Å². The lowest BCUT2D eigenvalue weighted by Gasteiger charge is -2.49. The highest BCUT2D eigenvalue weighted by Gasteiger charge is 2.39. The number of nitrogens with two attached hydrogens (primary N) is 1. The van der Waals surface area contributed by atoms with Crippen molar-refractivity contribution < 1.29 is 4.74 Å². The molecule has 0 aromatic heterocycles. The summed E-state index contributed by atoms with van der Waals surface area (Å²) in [6.45, 7) is 6.44. The Morgan fingerprint density at radius 1 is 1.24 bits per heavy atom. The van der Waals surface area contributed by atoms with E-state index >= 15 is 0 Å². The molecule has 2 heterocycles. The van der Waals surface area contributed by atoms with E-state index in [4.69, 9.17) is 22.1 Å². The van der Waals surface area contributed by atoms with Crippen molar-refractivity contribution in [2.24, 2.45) is 5.73 Å². The van der Waals surface area contributed by atoms with Crippen LogP contribution >= 0.6 is 11.6 Å². The van der Waals surface area contributed by atoms with E-state index in [-0.39, 0.29) is 5.54 Å². The molecule has 2 saturated heterocycles. The number of nitrogens with zero attached hydrogens (tertiary/aromatic N) is 2. The summed E-state index contributed by atoms with van der Waals surface area (Å²) in [7, 11) is 0. The predicted octanol–water partition coefficient (Wildman–Crippen LogP) is 1.97. The third kappa shape index (κ3) is 3.19. The molecule has 1 unspecified atom stereocenters. The summed E-state index contributed by atoms with van der Waals surface area (Å²) in [5, 5.41) is 0.800. The number of piperazine rings is 1. The molecule has 2 fully saturated rings. The molecular weight excluding hydrogens is 286 g/mol. The molecule has 0 radical (unpaired) electrons. The van der Waals surface area contributed by atoms with Crippen molar-refractivity contribution >= 4 is 17.3 Å². The molecule has 21 heavy (non-hydrogen) atoms. The van der Waals surface area contributed by atoms with Crippen LogP contribution in [0.1, 0.15) is 12.8 Å². The molecule has 2 N–H and O–H groups in total. The van der Waals surface area contributed by atoms with Crippen molar-refractivity contribution in [1.82, 2.24) is 4.90 Å². The topological polar surface area (TPSA) is 41.7 Å². The van der Waals surface area contributed by atoms with Crippen molar-refractivity contribution in [3.8, 4) is 0 Å². The summed E-state index contributed by atoms with van der Waals surface area (Å²) >= 11 is 6.09. The average molecular weight is 310 g/mol. The fraction of sp³-hybridized carbons (Fsp3) is 0.625. The average Bonchev–Trinajstić information content (AvgIpc) is 2.56. The van der Waals surface area contributed by atoms with Crippen molar-refractivity contribution in [2.75, 3.05) is 50.8 Å². The van der Waals surface area contributed by atoms with E-state index in [9.17, 15) is 0 Å².